The molecule has 1 fully saturated rings. The Balaban J connectivity index is 1.63. The topological polar surface area (TPSA) is 58.4 Å². The van der Waals surface area contributed by atoms with Gasteiger partial charge in [0.05, 0.1) is 30.0 Å². The van der Waals surface area contributed by atoms with Crippen molar-refractivity contribution in [2.45, 2.75) is 51.5 Å². The van der Waals surface area contributed by atoms with Gasteiger partial charge in [0.1, 0.15) is 6.17 Å². The number of benzene rings is 1. The lowest BCUT2D eigenvalue weighted by Gasteiger charge is -2.13. The van der Waals surface area contributed by atoms with Crippen LogP contribution in [-0.4, -0.2) is 40.2 Å². The Morgan fingerprint density at radius 2 is 2.03 bits per heavy atom. The number of carbonyl (C=O) groups is 1. The summed E-state index contributed by atoms with van der Waals surface area (Å²) in [5, 5.41) is 5.54. The number of aryl methyl sites for hydroxylation is 2. The zero-order valence-electron chi connectivity index (χ0n) is 17.8. The Morgan fingerprint density at radius 3 is 2.66 bits per heavy atom. The molecule has 1 unspecified atom stereocenters. The van der Waals surface area contributed by atoms with E-state index in [-0.39, 0.29) is 12.5 Å². The third-order valence-corrected chi connectivity index (χ3v) is 5.59. The van der Waals surface area contributed by atoms with Gasteiger partial charge in [-0.3, -0.25) is 9.20 Å². The number of fused-ring (bicyclic) bond motifs is 1. The Bertz CT molecular complexity index is 1150. The highest BCUT2D eigenvalue weighted by Crippen LogP contribution is 2.29. The Labute approximate surface area is 182 Å². The third-order valence-electron chi connectivity index (χ3n) is 5.59. The third kappa shape index (κ3) is 4.71. The number of amides is 1. The highest BCUT2D eigenvalue weighted by atomic mass is 19.4. The van der Waals surface area contributed by atoms with E-state index in [1.54, 1.807) is 18.3 Å². The average molecular weight is 448 g/mol. The number of halogens is 4. The quantitative estimate of drug-likeness (QED) is 0.496. The van der Waals surface area contributed by atoms with Gasteiger partial charge in [-0.15, -0.1) is 0 Å². The molecule has 4 rings (SSSR count). The first kappa shape index (κ1) is 22.1. The summed E-state index contributed by atoms with van der Waals surface area (Å²) in [4.78, 5) is 16.8. The maximum absolute atomic E-state index is 13.1. The number of rotatable bonds is 7. The van der Waals surface area contributed by atoms with Crippen LogP contribution in [0, 0.1) is 6.92 Å². The molecule has 9 heteroatoms. The summed E-state index contributed by atoms with van der Waals surface area (Å²) in [6, 6.07) is 6.75. The van der Waals surface area contributed by atoms with Gasteiger partial charge < -0.3 is 10.6 Å². The summed E-state index contributed by atoms with van der Waals surface area (Å²) in [6.07, 6.45) is -1.51. The van der Waals surface area contributed by atoms with Crippen LogP contribution in [0.4, 0.5) is 23.2 Å². The molecule has 32 heavy (non-hydrogen) atoms. The van der Waals surface area contributed by atoms with Crippen LogP contribution >= 0.6 is 0 Å². The van der Waals surface area contributed by atoms with Gasteiger partial charge in [-0.1, -0.05) is 13.0 Å². The molecule has 1 amide bonds. The SMILES string of the molecule is CCc1cc(NCCC(F)(F)F)c2ncc(-c3ccc(C(=O)NC4C[C@@H]4F)c(C)c3)n2c1. The molecule has 0 radical (unpaired) electrons. The van der Waals surface area contributed by atoms with E-state index in [0.717, 1.165) is 22.4 Å². The average Bonchev–Trinajstić information content (AvgIpc) is 3.24. The van der Waals surface area contributed by atoms with Gasteiger partial charge in [-0.2, -0.15) is 13.2 Å². The largest absolute Gasteiger partial charge is 0.390 e. The second kappa shape index (κ2) is 8.44. The molecule has 1 aromatic carbocycles. The number of hydrogen-bond donors (Lipinski definition) is 2. The van der Waals surface area contributed by atoms with E-state index in [9.17, 15) is 22.4 Å². The van der Waals surface area contributed by atoms with Crippen LogP contribution in [0.3, 0.4) is 0 Å². The minimum atomic E-state index is -4.23. The number of pyridine rings is 1. The second-order valence-corrected chi connectivity index (χ2v) is 8.11. The summed E-state index contributed by atoms with van der Waals surface area (Å²) >= 11 is 0. The van der Waals surface area contributed by atoms with Crippen LogP contribution in [0.15, 0.2) is 36.7 Å². The minimum absolute atomic E-state index is 0.238. The van der Waals surface area contributed by atoms with Crippen molar-refractivity contribution in [1.82, 2.24) is 14.7 Å². The van der Waals surface area contributed by atoms with Crippen molar-refractivity contribution >= 4 is 17.2 Å². The van der Waals surface area contributed by atoms with Gasteiger partial charge in [-0.25, -0.2) is 9.37 Å². The molecule has 3 aromatic rings. The molecule has 1 saturated carbocycles. The van der Waals surface area contributed by atoms with Crippen molar-refractivity contribution in [1.29, 1.82) is 0 Å². The summed E-state index contributed by atoms with van der Waals surface area (Å²) in [7, 11) is 0. The molecule has 0 aliphatic heterocycles. The molecule has 1 aliphatic rings. The fourth-order valence-corrected chi connectivity index (χ4v) is 3.66. The molecule has 1 aliphatic carbocycles. The molecular formula is C23H24F4N4O. The van der Waals surface area contributed by atoms with E-state index in [4.69, 9.17) is 0 Å². The first-order chi connectivity index (χ1) is 15.2. The monoisotopic (exact) mass is 448 g/mol. The predicted molar refractivity (Wildman–Crippen MR) is 115 cm³/mol. The van der Waals surface area contributed by atoms with E-state index in [0.29, 0.717) is 29.7 Å². The highest BCUT2D eigenvalue weighted by Gasteiger charge is 2.38. The standard InChI is InChI=1S/C23H24F4N4O/c1-3-14-9-19(28-7-6-23(25,26)27)21-29-11-20(31(21)12-14)15-4-5-16(13(2)8-15)22(32)30-18-10-17(18)24/h4-5,8-9,11-12,17-18,28H,3,6-7,10H2,1-2H3,(H,30,32)/t17-,18?/m0/s1. The fraction of sp³-hybridized carbons (Fsp3) is 0.391. The maximum Gasteiger partial charge on any atom is 0.390 e. The molecular weight excluding hydrogens is 424 g/mol. The predicted octanol–water partition coefficient (Wildman–Crippen LogP) is 5.08. The van der Waals surface area contributed by atoms with E-state index in [1.807, 2.05) is 36.6 Å². The van der Waals surface area contributed by atoms with Gasteiger partial charge in [0, 0.05) is 30.3 Å². The van der Waals surface area contributed by atoms with Crippen molar-refractivity contribution in [3.05, 3.63) is 53.3 Å². The Morgan fingerprint density at radius 1 is 1.28 bits per heavy atom. The maximum atomic E-state index is 13.1. The van der Waals surface area contributed by atoms with Crippen molar-refractivity contribution in [3.8, 4) is 11.3 Å². The van der Waals surface area contributed by atoms with E-state index in [1.165, 1.54) is 0 Å². The lowest BCUT2D eigenvalue weighted by Crippen LogP contribution is -2.27. The summed E-state index contributed by atoms with van der Waals surface area (Å²) in [6.45, 7) is 3.54. The smallest absolute Gasteiger partial charge is 0.382 e. The van der Waals surface area contributed by atoms with Gasteiger partial charge in [0.25, 0.3) is 5.91 Å². The molecule has 5 nitrogen and oxygen atoms in total. The number of aromatic nitrogens is 2. The first-order valence-electron chi connectivity index (χ1n) is 10.5. The molecule has 2 aromatic heterocycles. The van der Waals surface area contributed by atoms with Crippen molar-refractivity contribution in [2.24, 2.45) is 0 Å². The molecule has 2 N–H and O–H groups in total. The molecule has 0 saturated heterocycles. The number of carbonyl (C=O) groups excluding carboxylic acids is 1. The number of hydrogen-bond acceptors (Lipinski definition) is 3. The van der Waals surface area contributed by atoms with Gasteiger partial charge >= 0.3 is 6.18 Å². The second-order valence-electron chi connectivity index (χ2n) is 8.11. The molecule has 2 atom stereocenters. The van der Waals surface area contributed by atoms with E-state index < -0.39 is 24.8 Å². The molecule has 2 heterocycles. The van der Waals surface area contributed by atoms with Crippen LogP contribution in [0.25, 0.3) is 16.9 Å². The lowest BCUT2D eigenvalue weighted by molar-refractivity contribution is -0.131. The molecule has 0 bridgehead atoms. The normalized spacial score (nSPS) is 18.1. The van der Waals surface area contributed by atoms with Crippen LogP contribution in [-0.2, 0) is 6.42 Å². The highest BCUT2D eigenvalue weighted by molar-refractivity contribution is 5.96. The zero-order valence-corrected chi connectivity index (χ0v) is 17.8. The van der Waals surface area contributed by atoms with Crippen LogP contribution in [0.5, 0.6) is 0 Å². The fourth-order valence-electron chi connectivity index (χ4n) is 3.66. The lowest BCUT2D eigenvalue weighted by atomic mass is 10.0. The van der Waals surface area contributed by atoms with Crippen LogP contribution < -0.4 is 10.6 Å². The van der Waals surface area contributed by atoms with Gasteiger partial charge in [0.2, 0.25) is 0 Å². The van der Waals surface area contributed by atoms with Gasteiger partial charge in [-0.05, 0) is 42.7 Å². The Kier molecular flexibility index (Phi) is 5.83. The molecule has 170 valence electrons. The van der Waals surface area contributed by atoms with E-state index in [2.05, 4.69) is 15.6 Å². The van der Waals surface area contributed by atoms with Gasteiger partial charge in [0.15, 0.2) is 5.65 Å². The number of anilines is 1. The summed E-state index contributed by atoms with van der Waals surface area (Å²) in [5.74, 6) is -0.304. The first-order valence-corrected chi connectivity index (χ1v) is 10.5. The van der Waals surface area contributed by atoms with Crippen LogP contribution in [0.2, 0.25) is 0 Å². The minimum Gasteiger partial charge on any atom is -0.382 e. The van der Waals surface area contributed by atoms with Crippen LogP contribution in [0.1, 0.15) is 41.3 Å². The van der Waals surface area contributed by atoms with E-state index >= 15 is 0 Å². The van der Waals surface area contributed by atoms with Crippen molar-refractivity contribution in [2.75, 3.05) is 11.9 Å². The number of imidazole rings is 1. The van der Waals surface area contributed by atoms with Crippen molar-refractivity contribution in [3.63, 3.8) is 0 Å². The number of nitrogens with zero attached hydrogens (tertiary/aromatic N) is 2. The van der Waals surface area contributed by atoms with Crippen molar-refractivity contribution < 1.29 is 22.4 Å². The number of nitrogens with one attached hydrogen (secondary N) is 2. The molecule has 0 spiro atoms. The Hall–Kier alpha value is -3.10. The number of alkyl halides is 4. The summed E-state index contributed by atoms with van der Waals surface area (Å²) < 4.78 is 52.6. The summed E-state index contributed by atoms with van der Waals surface area (Å²) in [5.41, 5.74) is 4.81. The zero-order chi connectivity index (χ0) is 23.0.